The number of fused-ring (bicyclic) bond motifs is 1. The molecule has 0 aliphatic rings. The number of para-hydroxylation sites is 1. The highest BCUT2D eigenvalue weighted by Crippen LogP contribution is 2.31. The largest absolute Gasteiger partial charge is 0.354 e. The van der Waals surface area contributed by atoms with E-state index in [1.165, 1.54) is 12.1 Å². The van der Waals surface area contributed by atoms with E-state index < -0.39 is 22.9 Å². The summed E-state index contributed by atoms with van der Waals surface area (Å²) in [6.07, 6.45) is 0.810. The number of nitrogens with one attached hydrogen (secondary N) is 2. The maximum Gasteiger partial charge on any atom is 0.256 e. The number of carbonyl (C=O) groups excluding carboxylic acids is 1. The van der Waals surface area contributed by atoms with Crippen LogP contribution in [0.4, 0.5) is 14.7 Å². The van der Waals surface area contributed by atoms with Gasteiger partial charge in [-0.25, -0.2) is 13.8 Å². The normalized spacial score (nSPS) is 11.4. The second kappa shape index (κ2) is 15.7. The Balaban J connectivity index is 0.00000271. The molecule has 0 unspecified atom stereocenters. The summed E-state index contributed by atoms with van der Waals surface area (Å²) in [5.41, 5.74) is 1.15. The van der Waals surface area contributed by atoms with Crippen molar-refractivity contribution < 1.29 is 13.6 Å². The zero-order valence-corrected chi connectivity index (χ0v) is 27.7. The van der Waals surface area contributed by atoms with Gasteiger partial charge in [-0.1, -0.05) is 60.6 Å². The van der Waals surface area contributed by atoms with Crippen LogP contribution in [0.5, 0.6) is 0 Å². The molecule has 0 spiro atoms. The van der Waals surface area contributed by atoms with Gasteiger partial charge in [0.15, 0.2) is 5.65 Å². The fourth-order valence-corrected chi connectivity index (χ4v) is 4.83. The van der Waals surface area contributed by atoms with Gasteiger partial charge in [0.25, 0.3) is 11.5 Å². The molecular formula is C35H46F2N6O2. The van der Waals surface area contributed by atoms with Gasteiger partial charge in [-0.05, 0) is 74.3 Å². The van der Waals surface area contributed by atoms with E-state index in [0.29, 0.717) is 35.3 Å². The molecule has 0 aliphatic carbocycles. The van der Waals surface area contributed by atoms with Gasteiger partial charge in [0, 0.05) is 35.7 Å². The maximum atomic E-state index is 15.0. The Morgan fingerprint density at radius 1 is 0.978 bits per heavy atom. The molecule has 4 aromatic rings. The Morgan fingerprint density at radius 3 is 2.27 bits per heavy atom. The molecule has 2 aromatic heterocycles. The minimum absolute atomic E-state index is 0.0507. The molecule has 2 aromatic carbocycles. The first-order chi connectivity index (χ1) is 21.4. The number of nitrogens with zero attached hydrogens (tertiary/aromatic N) is 4. The third-order valence-electron chi connectivity index (χ3n) is 7.27. The van der Waals surface area contributed by atoms with Crippen molar-refractivity contribution in [2.45, 2.75) is 61.8 Å². The zero-order valence-electron chi connectivity index (χ0n) is 27.7. The highest BCUT2D eigenvalue weighted by atomic mass is 19.1. The highest BCUT2D eigenvalue weighted by Gasteiger charge is 2.21. The van der Waals surface area contributed by atoms with Gasteiger partial charge in [0.05, 0.1) is 5.69 Å². The number of amides is 1. The molecule has 0 saturated heterocycles. The van der Waals surface area contributed by atoms with E-state index in [9.17, 15) is 9.59 Å². The molecule has 2 N–H and O–H groups in total. The first-order valence-corrected chi connectivity index (χ1v) is 15.7. The lowest BCUT2D eigenvalue weighted by Crippen LogP contribution is -2.32. The average Bonchev–Trinajstić information content (AvgIpc) is 3.01. The number of carbonyl (C=O) groups is 1. The molecular weight excluding hydrogens is 574 g/mol. The van der Waals surface area contributed by atoms with E-state index in [-0.39, 0.29) is 22.9 Å². The van der Waals surface area contributed by atoms with Gasteiger partial charge in [0.2, 0.25) is 5.95 Å². The summed E-state index contributed by atoms with van der Waals surface area (Å²) in [6.45, 7) is 20.0. The summed E-state index contributed by atoms with van der Waals surface area (Å²) in [7, 11) is 0. The van der Waals surface area contributed by atoms with Gasteiger partial charge >= 0.3 is 0 Å². The molecule has 0 aliphatic heterocycles. The minimum Gasteiger partial charge on any atom is -0.354 e. The number of aryl methyl sites for hydroxylation is 1. The molecule has 0 fully saturated rings. The van der Waals surface area contributed by atoms with Crippen LogP contribution in [0.3, 0.4) is 0 Å². The van der Waals surface area contributed by atoms with Crippen molar-refractivity contribution in [2.24, 2.45) is 5.41 Å². The van der Waals surface area contributed by atoms with Crippen LogP contribution in [0.25, 0.3) is 28.0 Å². The van der Waals surface area contributed by atoms with Crippen molar-refractivity contribution in [1.29, 1.82) is 0 Å². The molecule has 8 nitrogen and oxygen atoms in total. The third kappa shape index (κ3) is 8.72. The minimum atomic E-state index is -0.891. The lowest BCUT2D eigenvalue weighted by molar-refractivity contribution is 0.0939. The Morgan fingerprint density at radius 2 is 1.64 bits per heavy atom. The summed E-state index contributed by atoms with van der Waals surface area (Å²) in [5, 5.41) is 6.62. The number of anilines is 1. The maximum absolute atomic E-state index is 15.0. The molecule has 0 saturated carbocycles. The van der Waals surface area contributed by atoms with Crippen molar-refractivity contribution in [3.05, 3.63) is 81.6 Å². The quantitative estimate of drug-likeness (QED) is 0.176. The van der Waals surface area contributed by atoms with Crippen molar-refractivity contribution in [2.75, 3.05) is 38.0 Å². The molecule has 242 valence electrons. The molecule has 45 heavy (non-hydrogen) atoms. The van der Waals surface area contributed by atoms with Crippen molar-refractivity contribution in [3.8, 4) is 16.9 Å². The number of aromatic nitrogens is 3. The number of hydrogen-bond acceptors (Lipinski definition) is 6. The second-order valence-electron chi connectivity index (χ2n) is 11.8. The van der Waals surface area contributed by atoms with Gasteiger partial charge in [-0.3, -0.25) is 14.2 Å². The predicted molar refractivity (Wildman–Crippen MR) is 179 cm³/mol. The third-order valence-corrected chi connectivity index (χ3v) is 7.27. The number of rotatable bonds is 11. The summed E-state index contributed by atoms with van der Waals surface area (Å²) in [4.78, 5) is 37.9. The summed E-state index contributed by atoms with van der Waals surface area (Å²) in [5.74, 6) is -1.80. The van der Waals surface area contributed by atoms with Crippen LogP contribution in [0.2, 0.25) is 0 Å². The summed E-state index contributed by atoms with van der Waals surface area (Å²) in [6, 6.07) is 11.6. The molecule has 10 heteroatoms. The fourth-order valence-electron chi connectivity index (χ4n) is 4.83. The van der Waals surface area contributed by atoms with Gasteiger partial charge in [0.1, 0.15) is 17.3 Å². The van der Waals surface area contributed by atoms with Crippen molar-refractivity contribution >= 4 is 22.9 Å². The van der Waals surface area contributed by atoms with Crippen LogP contribution in [-0.2, 0) is 0 Å². The van der Waals surface area contributed by atoms with E-state index in [1.807, 2.05) is 47.6 Å². The first kappa shape index (κ1) is 35.3. The smallest absolute Gasteiger partial charge is 0.256 e. The topological polar surface area (TPSA) is 92.2 Å². The van der Waals surface area contributed by atoms with Crippen LogP contribution >= 0.6 is 0 Å². The van der Waals surface area contributed by atoms with Crippen LogP contribution in [-0.4, -0.2) is 58.1 Å². The molecule has 2 heterocycles. The second-order valence-corrected chi connectivity index (χ2v) is 11.8. The van der Waals surface area contributed by atoms with Crippen molar-refractivity contribution in [3.63, 3.8) is 0 Å². The molecule has 0 atom stereocenters. The van der Waals surface area contributed by atoms with E-state index in [4.69, 9.17) is 4.98 Å². The monoisotopic (exact) mass is 620 g/mol. The Labute approximate surface area is 264 Å². The van der Waals surface area contributed by atoms with Crippen LogP contribution in [0.1, 0.15) is 70.8 Å². The number of benzene rings is 2. The highest BCUT2D eigenvalue weighted by molar-refractivity contribution is 5.98. The fraction of sp³-hybridized carbons (Fsp3) is 0.429. The van der Waals surface area contributed by atoms with Crippen LogP contribution in [0.15, 0.2) is 53.3 Å². The SMILES string of the molecule is CC.CCN(CC)CCCNc1nc(-c2cc(C(=O)NCC(C)(C)C)ccc2C)c2ccc(=O)n(-c3c(F)cccc3F)c2n1. The van der Waals surface area contributed by atoms with E-state index in [2.05, 4.69) is 34.4 Å². The van der Waals surface area contributed by atoms with Gasteiger partial charge in [-0.15, -0.1) is 0 Å². The Hall–Kier alpha value is -4.18. The number of halogens is 2. The average molecular weight is 621 g/mol. The zero-order chi connectivity index (χ0) is 33.3. The molecule has 0 radical (unpaired) electrons. The summed E-state index contributed by atoms with van der Waals surface area (Å²) < 4.78 is 31.0. The number of hydrogen-bond donors (Lipinski definition) is 2. The standard InChI is InChI=1S/C33H40F2N6O2.C2H6/c1-7-40(8-2)18-10-17-36-32-38-28(24-19-22(14-13-21(24)3)31(43)37-20-33(4,5)6)23-15-16-27(42)41(30(23)39-32)29-25(34)11-9-12-26(29)35;1-2/h9,11-16,19H,7-8,10,17-18,20H2,1-6H3,(H,37,43)(H,36,38,39);1-2H3. The van der Waals surface area contributed by atoms with E-state index in [0.717, 1.165) is 48.3 Å². The Kier molecular flexibility index (Phi) is 12.3. The van der Waals surface area contributed by atoms with Crippen LogP contribution < -0.4 is 16.2 Å². The summed E-state index contributed by atoms with van der Waals surface area (Å²) >= 11 is 0. The lowest BCUT2D eigenvalue weighted by atomic mass is 9.96. The molecule has 1 amide bonds. The molecule has 4 rings (SSSR count). The predicted octanol–water partition coefficient (Wildman–Crippen LogP) is 6.98. The van der Waals surface area contributed by atoms with Crippen LogP contribution in [0, 0.1) is 24.0 Å². The van der Waals surface area contributed by atoms with Gasteiger partial charge < -0.3 is 15.5 Å². The molecule has 0 bridgehead atoms. The van der Waals surface area contributed by atoms with Crippen molar-refractivity contribution in [1.82, 2.24) is 24.8 Å². The van der Waals surface area contributed by atoms with E-state index >= 15 is 8.78 Å². The first-order valence-electron chi connectivity index (χ1n) is 15.7. The van der Waals surface area contributed by atoms with Gasteiger partial charge in [-0.2, -0.15) is 4.98 Å². The van der Waals surface area contributed by atoms with E-state index in [1.54, 1.807) is 18.2 Å². The lowest BCUT2D eigenvalue weighted by Gasteiger charge is -2.19. The Bertz CT molecular complexity index is 1660. The number of pyridine rings is 1.